The quantitative estimate of drug-likeness (QED) is 0.294. The topological polar surface area (TPSA) is 133 Å². The van der Waals surface area contributed by atoms with Gasteiger partial charge in [-0.3, -0.25) is 9.51 Å². The standard InChI is InChI=1S/C18H21N3O6.C4H8.C3H6.C2H6.CH4O/c1-12-7-13(17-20-18(22)27-21-17)3-4-14(8-12)25-10-16-15(19-11-26-16)9-24-6-5-23-2;1-3-4-2;1-3-2;2*1-2/h3-4,7-8,11-12H,5-6,9-10H2,1-2H3,(H,20,21,22);3H,1,4H2,2H3;3H,1H2,2H3;1-2H3;2H,1H3. The number of ether oxygens (including phenoxy) is 3. The molecule has 0 fully saturated rings. The van der Waals surface area contributed by atoms with Crippen LogP contribution in [0.25, 0.3) is 5.57 Å². The number of aromatic nitrogens is 3. The predicted octanol–water partition coefficient (Wildman–Crippen LogP) is 5.61. The molecule has 38 heavy (non-hydrogen) atoms. The molecule has 214 valence electrons. The summed E-state index contributed by atoms with van der Waals surface area (Å²) in [7, 11) is 2.62. The normalized spacial score (nSPS) is 13.2. The van der Waals surface area contributed by atoms with Crippen molar-refractivity contribution < 1.29 is 28.3 Å². The largest absolute Gasteiger partial charge is 0.486 e. The maximum Gasteiger partial charge on any atom is 0.439 e. The molecule has 2 aromatic rings. The fourth-order valence-corrected chi connectivity index (χ4v) is 2.47. The van der Waals surface area contributed by atoms with Gasteiger partial charge in [0.2, 0.25) is 0 Å². The van der Waals surface area contributed by atoms with Gasteiger partial charge in [0, 0.05) is 19.8 Å². The SMILES string of the molecule is C=CC.C=CCC.CC.CO.COCCOCc1ncoc1COC1=CC(C)C=C(c2noc(=O)[nH]2)C=C1. The molecule has 0 aromatic carbocycles. The van der Waals surface area contributed by atoms with E-state index < -0.39 is 5.76 Å². The summed E-state index contributed by atoms with van der Waals surface area (Å²) in [5.74, 6) is 1.13. The summed E-state index contributed by atoms with van der Waals surface area (Å²) < 4.78 is 26.2. The van der Waals surface area contributed by atoms with Crippen LogP contribution < -0.4 is 5.76 Å². The molecule has 1 aliphatic carbocycles. The van der Waals surface area contributed by atoms with E-state index in [1.807, 2.05) is 45.9 Å². The van der Waals surface area contributed by atoms with Crippen molar-refractivity contribution in [2.45, 2.75) is 54.3 Å². The van der Waals surface area contributed by atoms with Gasteiger partial charge >= 0.3 is 5.76 Å². The van der Waals surface area contributed by atoms with Gasteiger partial charge in [0.1, 0.15) is 18.1 Å². The molecule has 0 radical (unpaired) electrons. The zero-order valence-corrected chi connectivity index (χ0v) is 23.9. The van der Waals surface area contributed by atoms with Gasteiger partial charge in [-0.25, -0.2) is 9.78 Å². The summed E-state index contributed by atoms with van der Waals surface area (Å²) in [5, 5.41) is 10.7. The Morgan fingerprint density at radius 3 is 2.37 bits per heavy atom. The first-order valence-electron chi connectivity index (χ1n) is 12.4. The summed E-state index contributed by atoms with van der Waals surface area (Å²) in [5.41, 5.74) is 1.44. The molecule has 2 aromatic heterocycles. The molecular weight excluding hydrogens is 490 g/mol. The van der Waals surface area contributed by atoms with Gasteiger partial charge in [-0.15, -0.1) is 13.2 Å². The molecule has 1 aliphatic rings. The number of nitrogens with one attached hydrogen (secondary N) is 1. The van der Waals surface area contributed by atoms with E-state index in [1.54, 1.807) is 25.3 Å². The molecule has 0 amide bonds. The number of hydrogen-bond acceptors (Lipinski definition) is 9. The Hall–Kier alpha value is -3.47. The van der Waals surface area contributed by atoms with E-state index in [0.717, 1.165) is 19.1 Å². The number of aliphatic hydroxyl groups is 1. The van der Waals surface area contributed by atoms with Gasteiger partial charge in [-0.1, -0.05) is 51.1 Å². The summed E-state index contributed by atoms with van der Waals surface area (Å²) >= 11 is 0. The van der Waals surface area contributed by atoms with Crippen LogP contribution in [0.3, 0.4) is 0 Å². The smallest absolute Gasteiger partial charge is 0.439 e. The van der Waals surface area contributed by atoms with Crippen LogP contribution in [-0.2, 0) is 27.4 Å². The first-order chi connectivity index (χ1) is 18.5. The van der Waals surface area contributed by atoms with Crippen LogP contribution in [0.2, 0.25) is 0 Å². The van der Waals surface area contributed by atoms with Crippen molar-refractivity contribution in [2.75, 3.05) is 27.4 Å². The minimum atomic E-state index is -0.591. The molecule has 10 nitrogen and oxygen atoms in total. The van der Waals surface area contributed by atoms with Crippen molar-refractivity contribution in [3.05, 3.63) is 89.6 Å². The number of rotatable bonds is 10. The van der Waals surface area contributed by atoms with E-state index in [1.165, 1.54) is 6.39 Å². The van der Waals surface area contributed by atoms with Crippen LogP contribution in [0.4, 0.5) is 0 Å². The lowest BCUT2D eigenvalue weighted by Crippen LogP contribution is -2.04. The Labute approximate surface area is 226 Å². The van der Waals surface area contributed by atoms with Crippen molar-refractivity contribution in [3.8, 4) is 0 Å². The van der Waals surface area contributed by atoms with Crippen LogP contribution >= 0.6 is 0 Å². The fraction of sp³-hybridized carbons (Fsp3) is 0.464. The molecular formula is C28H45N3O7. The summed E-state index contributed by atoms with van der Waals surface area (Å²) in [6.07, 6.45) is 13.6. The highest BCUT2D eigenvalue weighted by Gasteiger charge is 2.13. The molecule has 10 heteroatoms. The molecule has 0 spiro atoms. The highest BCUT2D eigenvalue weighted by atomic mass is 16.5. The highest BCUT2D eigenvalue weighted by molar-refractivity contribution is 5.70. The summed E-state index contributed by atoms with van der Waals surface area (Å²) in [6.45, 7) is 18.3. The molecule has 2 N–H and O–H groups in total. The Morgan fingerprint density at radius 1 is 1.16 bits per heavy atom. The third-order valence-corrected chi connectivity index (χ3v) is 4.07. The molecule has 1 atom stereocenters. The predicted molar refractivity (Wildman–Crippen MR) is 150 cm³/mol. The maximum atomic E-state index is 11.1. The van der Waals surface area contributed by atoms with E-state index in [0.29, 0.717) is 42.9 Å². The van der Waals surface area contributed by atoms with Crippen molar-refractivity contribution in [1.29, 1.82) is 0 Å². The lowest BCUT2D eigenvalue weighted by molar-refractivity contribution is 0.0587. The van der Waals surface area contributed by atoms with Gasteiger partial charge < -0.3 is 23.7 Å². The molecule has 3 rings (SSSR count). The monoisotopic (exact) mass is 535 g/mol. The number of hydrogen-bond donors (Lipinski definition) is 2. The first kappa shape index (κ1) is 36.7. The Bertz CT molecular complexity index is 1000. The second-order valence-corrected chi connectivity index (χ2v) is 6.99. The molecule has 1 unspecified atom stereocenters. The Morgan fingerprint density at radius 2 is 1.82 bits per heavy atom. The number of oxazole rings is 1. The first-order valence-corrected chi connectivity index (χ1v) is 12.4. The van der Waals surface area contributed by atoms with Crippen molar-refractivity contribution in [1.82, 2.24) is 15.1 Å². The van der Waals surface area contributed by atoms with E-state index in [2.05, 4.69) is 39.7 Å². The van der Waals surface area contributed by atoms with Gasteiger partial charge in [0.05, 0.1) is 19.8 Å². The molecule has 0 saturated carbocycles. The van der Waals surface area contributed by atoms with Crippen molar-refractivity contribution in [2.24, 2.45) is 5.92 Å². The van der Waals surface area contributed by atoms with Crippen molar-refractivity contribution >= 4 is 5.57 Å². The second-order valence-electron chi connectivity index (χ2n) is 6.99. The van der Waals surface area contributed by atoms with Crippen LogP contribution in [-0.4, -0.2) is 47.7 Å². The highest BCUT2D eigenvalue weighted by Crippen LogP contribution is 2.22. The third kappa shape index (κ3) is 16.3. The lowest BCUT2D eigenvalue weighted by atomic mass is 10.1. The minimum Gasteiger partial charge on any atom is -0.486 e. The van der Waals surface area contributed by atoms with E-state index in [-0.39, 0.29) is 12.5 Å². The number of methoxy groups -OCH3 is 1. The van der Waals surface area contributed by atoms with Crippen LogP contribution in [0, 0.1) is 5.92 Å². The van der Waals surface area contributed by atoms with E-state index in [4.69, 9.17) is 23.7 Å². The summed E-state index contributed by atoms with van der Waals surface area (Å²) in [6, 6.07) is 0. The molecule has 0 aliphatic heterocycles. The van der Waals surface area contributed by atoms with Gasteiger partial charge in [-0.2, -0.15) is 0 Å². The van der Waals surface area contributed by atoms with Gasteiger partial charge in [-0.05, 0) is 37.5 Å². The van der Waals surface area contributed by atoms with E-state index in [9.17, 15) is 4.79 Å². The van der Waals surface area contributed by atoms with Crippen LogP contribution in [0.15, 0.2) is 75.5 Å². The minimum absolute atomic E-state index is 0.0665. The zero-order valence-electron chi connectivity index (χ0n) is 23.9. The van der Waals surface area contributed by atoms with Gasteiger partial charge in [0.15, 0.2) is 18.0 Å². The summed E-state index contributed by atoms with van der Waals surface area (Å²) in [4.78, 5) is 17.8. The number of aromatic amines is 1. The maximum absolute atomic E-state index is 11.1. The zero-order chi connectivity index (χ0) is 29.2. The van der Waals surface area contributed by atoms with Gasteiger partial charge in [0.25, 0.3) is 0 Å². The number of aliphatic hydroxyl groups excluding tert-OH is 1. The Balaban J connectivity index is 0. The number of nitrogens with zero attached hydrogens (tertiary/aromatic N) is 2. The molecule has 2 heterocycles. The molecule has 0 saturated heterocycles. The Kier molecular flexibility index (Phi) is 24.3. The van der Waals surface area contributed by atoms with Crippen molar-refractivity contribution in [3.63, 3.8) is 0 Å². The van der Waals surface area contributed by atoms with E-state index >= 15 is 0 Å². The van der Waals surface area contributed by atoms with Crippen LogP contribution in [0.5, 0.6) is 0 Å². The average Bonchev–Trinajstić information content (AvgIpc) is 3.54. The molecule has 0 bridgehead atoms. The fourth-order valence-electron chi connectivity index (χ4n) is 2.47. The average molecular weight is 536 g/mol. The van der Waals surface area contributed by atoms with Crippen LogP contribution in [0.1, 0.15) is 58.3 Å². The number of H-pyrrole nitrogens is 1. The number of allylic oxidation sites excluding steroid dienone is 7. The third-order valence-electron chi connectivity index (χ3n) is 4.07. The lowest BCUT2D eigenvalue weighted by Gasteiger charge is -2.07. The second kappa shape index (κ2) is 25.2.